The lowest BCUT2D eigenvalue weighted by Crippen LogP contribution is -2.50. The van der Waals surface area contributed by atoms with Gasteiger partial charge in [0.1, 0.15) is 5.78 Å². The van der Waals surface area contributed by atoms with Crippen molar-refractivity contribution in [3.8, 4) is 0 Å². The van der Waals surface area contributed by atoms with Crippen LogP contribution in [0.1, 0.15) is 65.2 Å². The van der Waals surface area contributed by atoms with Crippen molar-refractivity contribution in [3.63, 3.8) is 0 Å². The van der Waals surface area contributed by atoms with Gasteiger partial charge in [0.25, 0.3) is 0 Å². The Bertz CT molecular complexity index is 546. The van der Waals surface area contributed by atoms with Crippen LogP contribution in [0, 0.1) is 28.6 Å². The van der Waals surface area contributed by atoms with Gasteiger partial charge in [-0.3, -0.25) is 9.59 Å². The summed E-state index contributed by atoms with van der Waals surface area (Å²) in [6, 6.07) is 0. The second-order valence-electron chi connectivity index (χ2n) is 8.39. The summed E-state index contributed by atoms with van der Waals surface area (Å²) in [5.41, 5.74) is 1.64. The van der Waals surface area contributed by atoms with Crippen LogP contribution in [0.5, 0.6) is 0 Å². The molecule has 114 valence electrons. The largest absolute Gasteiger partial charge is 0.299 e. The Morgan fingerprint density at radius 3 is 2.67 bits per heavy atom. The fraction of sp³-hybridized carbons (Fsp3) is 0.789. The Balaban J connectivity index is 1.70. The highest BCUT2D eigenvalue weighted by Crippen LogP contribution is 2.64. The highest BCUT2D eigenvalue weighted by molar-refractivity contribution is 5.91. The molecule has 5 atom stereocenters. The summed E-state index contributed by atoms with van der Waals surface area (Å²) in [4.78, 5) is 24.1. The van der Waals surface area contributed by atoms with E-state index in [-0.39, 0.29) is 10.8 Å². The molecule has 0 aliphatic heterocycles. The predicted octanol–water partition coefficient (Wildman–Crippen LogP) is 4.09. The van der Waals surface area contributed by atoms with Gasteiger partial charge in [0.2, 0.25) is 0 Å². The maximum Gasteiger partial charge on any atom is 0.155 e. The van der Waals surface area contributed by atoms with E-state index in [1.807, 2.05) is 6.08 Å². The number of hydrogen-bond acceptors (Lipinski definition) is 2. The Labute approximate surface area is 127 Å². The van der Waals surface area contributed by atoms with Gasteiger partial charge in [0.15, 0.2) is 5.78 Å². The van der Waals surface area contributed by atoms with Crippen LogP contribution in [0.3, 0.4) is 0 Å². The first-order valence-corrected chi connectivity index (χ1v) is 8.72. The SMILES string of the molecule is C[C@]12CC[C@H]3[C@@H](CCC4=CC(=O)CC[C@@]43[14CH3])[C@@H]1CCC2=O. The molecule has 0 saturated heterocycles. The quantitative estimate of drug-likeness (QED) is 0.673. The molecule has 0 aromatic rings. The average molecular weight is 288 g/mol. The first-order valence-electron chi connectivity index (χ1n) is 8.72. The zero-order valence-electron chi connectivity index (χ0n) is 13.3. The molecule has 0 aromatic heterocycles. The molecule has 4 rings (SSSR count). The number of carbonyl (C=O) groups excluding carboxylic acids is 2. The van der Waals surface area contributed by atoms with Crippen LogP contribution in [-0.4, -0.2) is 11.6 Å². The zero-order valence-corrected chi connectivity index (χ0v) is 13.3. The van der Waals surface area contributed by atoms with Crippen LogP contribution >= 0.6 is 0 Å². The first kappa shape index (κ1) is 13.7. The average Bonchev–Trinajstić information content (AvgIpc) is 2.76. The van der Waals surface area contributed by atoms with Gasteiger partial charge in [-0.1, -0.05) is 19.4 Å². The molecule has 0 N–H and O–H groups in total. The number of carbonyl (C=O) groups is 2. The maximum absolute atomic E-state index is 12.4. The summed E-state index contributed by atoms with van der Waals surface area (Å²) in [7, 11) is 0. The smallest absolute Gasteiger partial charge is 0.155 e. The lowest BCUT2D eigenvalue weighted by molar-refractivity contribution is -0.132. The van der Waals surface area contributed by atoms with Crippen LogP contribution in [0.4, 0.5) is 0 Å². The Morgan fingerprint density at radius 2 is 1.86 bits per heavy atom. The minimum atomic E-state index is -0.0246. The molecule has 0 heterocycles. The van der Waals surface area contributed by atoms with Gasteiger partial charge >= 0.3 is 0 Å². The molecule has 4 aliphatic rings. The first-order chi connectivity index (χ1) is 9.95. The molecule has 0 radical (unpaired) electrons. The number of rotatable bonds is 0. The van der Waals surface area contributed by atoms with Gasteiger partial charge in [0.05, 0.1) is 0 Å². The van der Waals surface area contributed by atoms with Gasteiger partial charge < -0.3 is 0 Å². The van der Waals surface area contributed by atoms with Crippen LogP contribution in [0.15, 0.2) is 11.6 Å². The number of allylic oxidation sites excluding steroid dienone is 1. The molecule has 3 fully saturated rings. The number of ketones is 2. The lowest BCUT2D eigenvalue weighted by atomic mass is 9.50. The zero-order chi connectivity index (χ0) is 14.8. The monoisotopic (exact) mass is 288 g/mol. The highest BCUT2D eigenvalue weighted by atomic mass is 16.1. The van der Waals surface area contributed by atoms with Crippen molar-refractivity contribution < 1.29 is 9.59 Å². The van der Waals surface area contributed by atoms with E-state index in [2.05, 4.69) is 13.8 Å². The minimum Gasteiger partial charge on any atom is -0.299 e. The highest BCUT2D eigenvalue weighted by Gasteiger charge is 2.58. The van der Waals surface area contributed by atoms with E-state index in [4.69, 9.17) is 0 Å². The van der Waals surface area contributed by atoms with Crippen LogP contribution in [-0.2, 0) is 9.59 Å². The predicted molar refractivity (Wildman–Crippen MR) is 81.7 cm³/mol. The fourth-order valence-electron chi connectivity index (χ4n) is 6.33. The summed E-state index contributed by atoms with van der Waals surface area (Å²) in [5, 5.41) is 0. The van der Waals surface area contributed by atoms with Crippen molar-refractivity contribution in [3.05, 3.63) is 11.6 Å². The maximum atomic E-state index is 12.4. The standard InChI is InChI=1S/C19H26O2/c1-18-9-7-13(20)11-12(18)3-4-14-15-5-6-17(21)19(15,2)10-8-16(14)18/h11,14-16H,3-10H2,1-2H3/t14-,15-,16-,18-,19-/m0/s1/i1+2. The summed E-state index contributed by atoms with van der Waals surface area (Å²) < 4.78 is 0. The third-order valence-electron chi connectivity index (χ3n) is 7.67. The molecule has 21 heavy (non-hydrogen) atoms. The van der Waals surface area contributed by atoms with Crippen molar-refractivity contribution in [2.24, 2.45) is 28.6 Å². The molecule has 3 saturated carbocycles. The normalized spacial score (nSPS) is 49.2. The van der Waals surface area contributed by atoms with Crippen molar-refractivity contribution in [2.45, 2.75) is 65.2 Å². The third kappa shape index (κ3) is 1.71. The number of hydrogen-bond donors (Lipinski definition) is 0. The van der Waals surface area contributed by atoms with Crippen LogP contribution < -0.4 is 0 Å². The molecule has 0 bridgehead atoms. The Morgan fingerprint density at radius 1 is 1.05 bits per heavy atom. The van der Waals surface area contributed by atoms with Crippen molar-refractivity contribution >= 4 is 11.6 Å². The second-order valence-corrected chi connectivity index (χ2v) is 8.39. The van der Waals surface area contributed by atoms with Crippen molar-refractivity contribution in [1.82, 2.24) is 0 Å². The minimum absolute atomic E-state index is 0.0246. The summed E-state index contributed by atoms with van der Waals surface area (Å²) in [6.45, 7) is 4.64. The van der Waals surface area contributed by atoms with Gasteiger partial charge in [0, 0.05) is 18.3 Å². The van der Waals surface area contributed by atoms with Gasteiger partial charge in [-0.05, 0) is 67.8 Å². The van der Waals surface area contributed by atoms with Crippen molar-refractivity contribution in [2.75, 3.05) is 0 Å². The summed E-state index contributed by atoms with van der Waals surface area (Å²) in [6.07, 6.45) is 10.2. The molecular formula is C19H26O2. The van der Waals surface area contributed by atoms with E-state index < -0.39 is 0 Å². The second kappa shape index (κ2) is 4.30. The molecule has 0 amide bonds. The van der Waals surface area contributed by atoms with Gasteiger partial charge in [-0.2, -0.15) is 0 Å². The molecule has 2 heteroatoms. The third-order valence-corrected chi connectivity index (χ3v) is 7.67. The van der Waals surface area contributed by atoms with E-state index >= 15 is 0 Å². The van der Waals surface area contributed by atoms with E-state index in [9.17, 15) is 9.59 Å². The fourth-order valence-corrected chi connectivity index (χ4v) is 6.33. The lowest BCUT2D eigenvalue weighted by Gasteiger charge is -2.56. The van der Waals surface area contributed by atoms with Crippen LogP contribution in [0.2, 0.25) is 0 Å². The molecular weight excluding hydrogens is 262 g/mol. The Hall–Kier alpha value is -0.920. The molecule has 2 nitrogen and oxygen atoms in total. The topological polar surface area (TPSA) is 34.1 Å². The van der Waals surface area contributed by atoms with E-state index in [1.54, 1.807) is 0 Å². The summed E-state index contributed by atoms with van der Waals surface area (Å²) in [5.74, 6) is 2.88. The number of fused-ring (bicyclic) bond motifs is 5. The van der Waals surface area contributed by atoms with Gasteiger partial charge in [-0.25, -0.2) is 0 Å². The molecule has 0 unspecified atom stereocenters. The summed E-state index contributed by atoms with van der Waals surface area (Å²) >= 11 is 0. The van der Waals surface area contributed by atoms with E-state index in [0.29, 0.717) is 29.3 Å². The molecule has 4 aliphatic carbocycles. The molecule has 0 aromatic carbocycles. The van der Waals surface area contributed by atoms with Gasteiger partial charge in [-0.15, -0.1) is 0 Å². The van der Waals surface area contributed by atoms with E-state index in [0.717, 1.165) is 38.5 Å². The van der Waals surface area contributed by atoms with Crippen molar-refractivity contribution in [1.29, 1.82) is 0 Å². The molecule has 0 spiro atoms. The number of Topliss-reactive ketones (excluding diaryl/α,β-unsaturated/α-hetero) is 1. The van der Waals surface area contributed by atoms with Crippen LogP contribution in [0.25, 0.3) is 0 Å². The Kier molecular flexibility index (Phi) is 2.81. The van der Waals surface area contributed by atoms with E-state index in [1.165, 1.54) is 18.4 Å².